The fourth-order valence-corrected chi connectivity index (χ4v) is 2.38. The number of amides is 2. The number of rotatable bonds is 4. The third-order valence-electron chi connectivity index (χ3n) is 3.50. The average Bonchev–Trinajstić information content (AvgIpc) is 2.98. The molecule has 110 valence electrons. The molecule has 20 heavy (non-hydrogen) atoms. The van der Waals surface area contributed by atoms with Gasteiger partial charge in [-0.2, -0.15) is 0 Å². The molecule has 1 aromatic heterocycles. The number of nitrogens with one attached hydrogen (secondary N) is 1. The summed E-state index contributed by atoms with van der Waals surface area (Å²) in [6.07, 6.45) is 3.18. The lowest BCUT2D eigenvalue weighted by Crippen LogP contribution is -2.45. The van der Waals surface area contributed by atoms with Gasteiger partial charge in [0.05, 0.1) is 12.2 Å². The first-order valence-corrected chi connectivity index (χ1v) is 7.18. The molecule has 1 unspecified atom stereocenters. The first-order valence-electron chi connectivity index (χ1n) is 7.18. The zero-order valence-corrected chi connectivity index (χ0v) is 12.1. The van der Waals surface area contributed by atoms with E-state index in [1.54, 1.807) is 17.0 Å². The lowest BCUT2D eigenvalue weighted by Gasteiger charge is -2.31. The summed E-state index contributed by atoms with van der Waals surface area (Å²) in [7, 11) is 0. The fourth-order valence-electron chi connectivity index (χ4n) is 2.38. The summed E-state index contributed by atoms with van der Waals surface area (Å²) < 4.78 is 5.13. The van der Waals surface area contributed by atoms with Gasteiger partial charge in [0, 0.05) is 19.6 Å². The fraction of sp³-hybridized carbons (Fsp3) is 0.600. The maximum absolute atomic E-state index is 12.2. The molecule has 2 amide bonds. The van der Waals surface area contributed by atoms with Gasteiger partial charge in [0.15, 0.2) is 5.76 Å². The molecule has 0 radical (unpaired) electrons. The summed E-state index contributed by atoms with van der Waals surface area (Å²) >= 11 is 0. The van der Waals surface area contributed by atoms with Gasteiger partial charge in [-0.05, 0) is 30.9 Å². The highest BCUT2D eigenvalue weighted by atomic mass is 16.3. The maximum atomic E-state index is 12.2. The van der Waals surface area contributed by atoms with Crippen LogP contribution in [-0.4, -0.2) is 36.3 Å². The van der Waals surface area contributed by atoms with Crippen LogP contribution in [0.25, 0.3) is 0 Å². The Morgan fingerprint density at radius 1 is 1.50 bits per heavy atom. The summed E-state index contributed by atoms with van der Waals surface area (Å²) in [6.45, 7) is 5.97. The van der Waals surface area contributed by atoms with Gasteiger partial charge in [0.2, 0.25) is 5.91 Å². The van der Waals surface area contributed by atoms with Crippen molar-refractivity contribution in [1.29, 1.82) is 0 Å². The molecule has 5 nitrogen and oxygen atoms in total. The van der Waals surface area contributed by atoms with Crippen LogP contribution in [-0.2, 0) is 4.79 Å². The number of furan rings is 1. The Morgan fingerprint density at radius 2 is 2.30 bits per heavy atom. The van der Waals surface area contributed by atoms with Gasteiger partial charge in [-0.3, -0.25) is 9.59 Å². The van der Waals surface area contributed by atoms with Crippen LogP contribution < -0.4 is 5.32 Å². The second kappa shape index (κ2) is 6.59. The van der Waals surface area contributed by atoms with Crippen molar-refractivity contribution in [3.8, 4) is 0 Å². The predicted molar refractivity (Wildman–Crippen MR) is 75.2 cm³/mol. The summed E-state index contributed by atoms with van der Waals surface area (Å²) in [5, 5.41) is 2.95. The Morgan fingerprint density at radius 3 is 2.95 bits per heavy atom. The number of piperidine rings is 1. The van der Waals surface area contributed by atoms with Crippen molar-refractivity contribution >= 4 is 11.8 Å². The van der Waals surface area contributed by atoms with Crippen molar-refractivity contribution in [1.82, 2.24) is 10.2 Å². The highest BCUT2D eigenvalue weighted by molar-refractivity contribution is 5.92. The van der Waals surface area contributed by atoms with E-state index in [0.717, 1.165) is 12.8 Å². The van der Waals surface area contributed by atoms with E-state index in [9.17, 15) is 9.59 Å². The molecule has 1 saturated heterocycles. The Balaban J connectivity index is 1.91. The Bertz CT molecular complexity index is 454. The van der Waals surface area contributed by atoms with E-state index in [2.05, 4.69) is 19.2 Å². The molecule has 1 aromatic rings. The molecule has 2 rings (SSSR count). The minimum Gasteiger partial charge on any atom is -0.459 e. The van der Waals surface area contributed by atoms with Crippen molar-refractivity contribution in [2.24, 2.45) is 11.8 Å². The van der Waals surface area contributed by atoms with Gasteiger partial charge in [0.25, 0.3) is 5.91 Å². The molecule has 1 N–H and O–H groups in total. The second-order valence-electron chi connectivity index (χ2n) is 5.71. The lowest BCUT2D eigenvalue weighted by atomic mass is 9.96. The van der Waals surface area contributed by atoms with E-state index >= 15 is 0 Å². The van der Waals surface area contributed by atoms with E-state index in [4.69, 9.17) is 4.42 Å². The van der Waals surface area contributed by atoms with Gasteiger partial charge < -0.3 is 14.6 Å². The molecule has 5 heteroatoms. The van der Waals surface area contributed by atoms with E-state index in [0.29, 0.717) is 31.3 Å². The summed E-state index contributed by atoms with van der Waals surface area (Å²) in [6, 6.07) is 3.36. The molecule has 0 saturated carbocycles. The van der Waals surface area contributed by atoms with Crippen molar-refractivity contribution in [3.63, 3.8) is 0 Å². The van der Waals surface area contributed by atoms with Crippen LogP contribution in [0.1, 0.15) is 37.2 Å². The largest absolute Gasteiger partial charge is 0.459 e. The molecule has 1 aliphatic heterocycles. The monoisotopic (exact) mass is 278 g/mol. The van der Waals surface area contributed by atoms with Gasteiger partial charge in [0.1, 0.15) is 0 Å². The normalized spacial score (nSPS) is 19.1. The zero-order chi connectivity index (χ0) is 14.5. The smallest absolute Gasteiger partial charge is 0.289 e. The highest BCUT2D eigenvalue weighted by Gasteiger charge is 2.29. The average molecular weight is 278 g/mol. The number of hydrogen-bond acceptors (Lipinski definition) is 3. The number of carbonyl (C=O) groups is 2. The molecular weight excluding hydrogens is 256 g/mol. The van der Waals surface area contributed by atoms with Crippen molar-refractivity contribution < 1.29 is 14.0 Å². The number of nitrogens with zero attached hydrogens (tertiary/aromatic N) is 1. The van der Waals surface area contributed by atoms with E-state index in [-0.39, 0.29) is 17.7 Å². The van der Waals surface area contributed by atoms with Gasteiger partial charge in [-0.1, -0.05) is 13.8 Å². The molecule has 0 bridgehead atoms. The first-order chi connectivity index (χ1) is 9.58. The van der Waals surface area contributed by atoms with Crippen LogP contribution in [0.4, 0.5) is 0 Å². The molecule has 2 heterocycles. The van der Waals surface area contributed by atoms with Crippen LogP contribution >= 0.6 is 0 Å². The van der Waals surface area contributed by atoms with Crippen LogP contribution in [0.5, 0.6) is 0 Å². The Labute approximate surface area is 119 Å². The third-order valence-corrected chi connectivity index (χ3v) is 3.50. The first kappa shape index (κ1) is 14.6. The molecule has 0 aromatic carbocycles. The van der Waals surface area contributed by atoms with Gasteiger partial charge in [-0.25, -0.2) is 0 Å². The highest BCUT2D eigenvalue weighted by Crippen LogP contribution is 2.19. The van der Waals surface area contributed by atoms with E-state index in [1.165, 1.54) is 6.26 Å². The minimum atomic E-state index is -0.128. The summed E-state index contributed by atoms with van der Waals surface area (Å²) in [5.74, 6) is 0.588. The molecule has 1 aliphatic rings. The molecule has 1 fully saturated rings. The number of hydrogen-bond donors (Lipinski definition) is 1. The topological polar surface area (TPSA) is 62.6 Å². The van der Waals surface area contributed by atoms with Crippen molar-refractivity contribution in [2.75, 3.05) is 19.6 Å². The summed E-state index contributed by atoms with van der Waals surface area (Å²) in [4.78, 5) is 26.0. The lowest BCUT2D eigenvalue weighted by molar-refractivity contribution is -0.126. The molecule has 0 aliphatic carbocycles. The molecule has 1 atom stereocenters. The number of carbonyl (C=O) groups excluding carboxylic acids is 2. The molecular formula is C15H22N2O3. The molecule has 0 spiro atoms. The minimum absolute atomic E-state index is 0.0515. The second-order valence-corrected chi connectivity index (χ2v) is 5.71. The van der Waals surface area contributed by atoms with Crippen LogP contribution in [0.2, 0.25) is 0 Å². The van der Waals surface area contributed by atoms with Crippen LogP contribution in [0.3, 0.4) is 0 Å². The van der Waals surface area contributed by atoms with Gasteiger partial charge >= 0.3 is 0 Å². The van der Waals surface area contributed by atoms with Crippen LogP contribution in [0.15, 0.2) is 22.8 Å². The summed E-state index contributed by atoms with van der Waals surface area (Å²) in [5.41, 5.74) is 0. The van der Waals surface area contributed by atoms with E-state index in [1.807, 2.05) is 0 Å². The Hall–Kier alpha value is -1.78. The quantitative estimate of drug-likeness (QED) is 0.915. The van der Waals surface area contributed by atoms with E-state index < -0.39 is 0 Å². The SMILES string of the molecule is CC(C)CNC(=O)C1CCCN(C(=O)c2ccco2)C1. The van der Waals surface area contributed by atoms with Crippen LogP contribution in [0, 0.1) is 11.8 Å². The Kier molecular flexibility index (Phi) is 4.82. The standard InChI is InChI=1S/C15H22N2O3/c1-11(2)9-16-14(18)12-5-3-7-17(10-12)15(19)13-6-4-8-20-13/h4,6,8,11-12H,3,5,7,9-10H2,1-2H3,(H,16,18). The van der Waals surface area contributed by atoms with Crippen molar-refractivity contribution in [3.05, 3.63) is 24.2 Å². The van der Waals surface area contributed by atoms with Gasteiger partial charge in [-0.15, -0.1) is 0 Å². The van der Waals surface area contributed by atoms with Crippen molar-refractivity contribution in [2.45, 2.75) is 26.7 Å². The predicted octanol–water partition coefficient (Wildman–Crippen LogP) is 1.90. The third kappa shape index (κ3) is 3.62. The maximum Gasteiger partial charge on any atom is 0.289 e. The zero-order valence-electron chi connectivity index (χ0n) is 12.1. The number of likely N-dealkylation sites (tertiary alicyclic amines) is 1.